The number of rotatable bonds is 10. The molecule has 3 rings (SSSR count). The molecular weight excluding hydrogens is 414 g/mol. The first kappa shape index (κ1) is 22.8. The topological polar surface area (TPSA) is 56.6 Å². The predicted octanol–water partition coefficient (Wildman–Crippen LogP) is 4.57. The minimum atomic E-state index is -0.176. The van der Waals surface area contributed by atoms with Crippen LogP contribution in [0.25, 0.3) is 5.69 Å². The third-order valence-electron chi connectivity index (χ3n) is 5.11. The smallest absolute Gasteiger partial charge is 0.258 e. The highest BCUT2D eigenvalue weighted by Gasteiger charge is 2.11. The number of halogens is 1. The molecule has 0 N–H and O–H groups in total. The van der Waals surface area contributed by atoms with E-state index in [1.165, 1.54) is 6.07 Å². The highest BCUT2D eigenvalue weighted by Crippen LogP contribution is 2.17. The van der Waals surface area contributed by atoms with Gasteiger partial charge in [-0.05, 0) is 62.5 Å². The van der Waals surface area contributed by atoms with Crippen LogP contribution in [0.5, 0.6) is 11.5 Å². The normalized spacial score (nSPS) is 12.0. The molecule has 7 heteroatoms. The molecule has 3 aromatic rings. The van der Waals surface area contributed by atoms with Gasteiger partial charge < -0.3 is 9.47 Å². The molecule has 1 unspecified atom stereocenters. The molecule has 0 amide bonds. The quantitative estimate of drug-likeness (QED) is 0.461. The number of benzene rings is 1. The van der Waals surface area contributed by atoms with Crippen LogP contribution in [0, 0.1) is 0 Å². The molecule has 0 saturated heterocycles. The van der Waals surface area contributed by atoms with Crippen molar-refractivity contribution in [2.75, 3.05) is 19.7 Å². The SMILES string of the molecule is CCN(CC)C(C)COc1ccc(-n2ccc(OCc3ccc(Cl)cn3)cc2=O)cc1. The molecule has 1 aromatic carbocycles. The van der Waals surface area contributed by atoms with Crippen molar-refractivity contribution in [1.82, 2.24) is 14.5 Å². The highest BCUT2D eigenvalue weighted by molar-refractivity contribution is 6.30. The fourth-order valence-corrected chi connectivity index (χ4v) is 3.40. The van der Waals surface area contributed by atoms with E-state index in [0.29, 0.717) is 23.4 Å². The molecule has 0 bridgehead atoms. The zero-order valence-electron chi connectivity index (χ0n) is 18.1. The van der Waals surface area contributed by atoms with Gasteiger partial charge in [0.25, 0.3) is 5.56 Å². The van der Waals surface area contributed by atoms with Crippen molar-refractivity contribution in [3.8, 4) is 17.2 Å². The average molecular weight is 442 g/mol. The summed E-state index contributed by atoms with van der Waals surface area (Å²) in [4.78, 5) is 19.1. The Morgan fingerprint density at radius 1 is 1.03 bits per heavy atom. The van der Waals surface area contributed by atoms with Gasteiger partial charge in [-0.15, -0.1) is 0 Å². The molecule has 164 valence electrons. The molecule has 0 aliphatic carbocycles. The van der Waals surface area contributed by atoms with Gasteiger partial charge in [0.05, 0.1) is 10.7 Å². The summed E-state index contributed by atoms with van der Waals surface area (Å²) < 4.78 is 13.1. The Hall–Kier alpha value is -2.83. The van der Waals surface area contributed by atoms with Crippen molar-refractivity contribution in [3.05, 3.63) is 82.0 Å². The largest absolute Gasteiger partial charge is 0.492 e. The number of nitrogens with zero attached hydrogens (tertiary/aromatic N) is 3. The van der Waals surface area contributed by atoms with Gasteiger partial charge in [-0.3, -0.25) is 19.2 Å². The molecule has 2 heterocycles. The van der Waals surface area contributed by atoms with Gasteiger partial charge in [0.15, 0.2) is 0 Å². The van der Waals surface area contributed by atoms with Gasteiger partial charge in [0.2, 0.25) is 0 Å². The van der Waals surface area contributed by atoms with E-state index in [1.807, 2.05) is 24.3 Å². The number of aromatic nitrogens is 2. The average Bonchev–Trinajstić information content (AvgIpc) is 2.79. The summed E-state index contributed by atoms with van der Waals surface area (Å²) in [5.41, 5.74) is 1.32. The standard InChI is InChI=1S/C24H28ClN3O3/c1-4-27(5-2)18(3)16-30-22-10-8-21(9-11-22)28-13-12-23(14-24(28)29)31-17-20-7-6-19(25)15-26-20/h6-15,18H,4-5,16-17H2,1-3H3. The molecule has 2 aromatic heterocycles. The van der Waals surface area contributed by atoms with Crippen molar-refractivity contribution in [2.24, 2.45) is 0 Å². The third kappa shape index (κ3) is 6.32. The molecular formula is C24H28ClN3O3. The summed E-state index contributed by atoms with van der Waals surface area (Å²) in [6.45, 7) is 9.34. The maximum Gasteiger partial charge on any atom is 0.258 e. The van der Waals surface area contributed by atoms with Crippen LogP contribution in [0.1, 0.15) is 26.5 Å². The monoisotopic (exact) mass is 441 g/mol. The van der Waals surface area contributed by atoms with E-state index < -0.39 is 0 Å². The Kier molecular flexibility index (Phi) is 8.09. The summed E-state index contributed by atoms with van der Waals surface area (Å²) in [5, 5.41) is 0.571. The van der Waals surface area contributed by atoms with Crippen LogP contribution in [0.4, 0.5) is 0 Å². The molecule has 0 radical (unpaired) electrons. The summed E-state index contributed by atoms with van der Waals surface area (Å²) in [5.74, 6) is 1.27. The molecule has 0 spiro atoms. The summed E-state index contributed by atoms with van der Waals surface area (Å²) in [6.07, 6.45) is 3.27. The van der Waals surface area contributed by atoms with Crippen LogP contribution in [-0.4, -0.2) is 40.2 Å². The Morgan fingerprint density at radius 2 is 1.77 bits per heavy atom. The minimum absolute atomic E-state index is 0.176. The minimum Gasteiger partial charge on any atom is -0.492 e. The van der Waals surface area contributed by atoms with Crippen molar-refractivity contribution in [2.45, 2.75) is 33.4 Å². The maximum absolute atomic E-state index is 12.6. The van der Waals surface area contributed by atoms with Crippen LogP contribution in [-0.2, 0) is 6.61 Å². The van der Waals surface area contributed by atoms with Gasteiger partial charge in [0, 0.05) is 30.2 Å². The lowest BCUT2D eigenvalue weighted by atomic mass is 10.2. The Morgan fingerprint density at radius 3 is 2.39 bits per heavy atom. The first-order valence-electron chi connectivity index (χ1n) is 10.4. The number of pyridine rings is 2. The van der Waals surface area contributed by atoms with Crippen LogP contribution in [0.2, 0.25) is 5.02 Å². The Labute approximate surface area is 188 Å². The molecule has 1 atom stereocenters. The number of hydrogen-bond donors (Lipinski definition) is 0. The molecule has 6 nitrogen and oxygen atoms in total. The van der Waals surface area contributed by atoms with E-state index in [4.69, 9.17) is 21.1 Å². The maximum atomic E-state index is 12.6. The molecule has 31 heavy (non-hydrogen) atoms. The van der Waals surface area contributed by atoms with E-state index >= 15 is 0 Å². The second-order valence-electron chi connectivity index (χ2n) is 7.20. The van der Waals surface area contributed by atoms with Gasteiger partial charge in [0.1, 0.15) is 24.7 Å². The predicted molar refractivity (Wildman–Crippen MR) is 123 cm³/mol. The first-order valence-corrected chi connectivity index (χ1v) is 10.8. The van der Waals surface area contributed by atoms with Gasteiger partial charge >= 0.3 is 0 Å². The summed E-state index contributed by atoms with van der Waals surface area (Å²) >= 11 is 5.83. The highest BCUT2D eigenvalue weighted by atomic mass is 35.5. The van der Waals surface area contributed by atoms with Crippen molar-refractivity contribution in [1.29, 1.82) is 0 Å². The fraction of sp³-hybridized carbons (Fsp3) is 0.333. The summed E-state index contributed by atoms with van der Waals surface area (Å²) in [7, 11) is 0. The number of ether oxygens (including phenoxy) is 2. The molecule has 0 aliphatic rings. The first-order chi connectivity index (χ1) is 15.0. The third-order valence-corrected chi connectivity index (χ3v) is 5.33. The Bertz CT molecular complexity index is 1020. The fourth-order valence-electron chi connectivity index (χ4n) is 3.29. The van der Waals surface area contributed by atoms with Crippen LogP contribution >= 0.6 is 11.6 Å². The second-order valence-corrected chi connectivity index (χ2v) is 7.64. The van der Waals surface area contributed by atoms with Gasteiger partial charge in [-0.1, -0.05) is 25.4 Å². The van der Waals surface area contributed by atoms with E-state index in [-0.39, 0.29) is 12.2 Å². The lowest BCUT2D eigenvalue weighted by molar-refractivity contribution is 0.158. The van der Waals surface area contributed by atoms with E-state index in [2.05, 4.69) is 30.7 Å². The van der Waals surface area contributed by atoms with Gasteiger partial charge in [-0.2, -0.15) is 0 Å². The van der Waals surface area contributed by atoms with Crippen molar-refractivity contribution < 1.29 is 9.47 Å². The molecule has 0 saturated carbocycles. The zero-order valence-corrected chi connectivity index (χ0v) is 18.9. The van der Waals surface area contributed by atoms with Crippen LogP contribution in [0.15, 0.2) is 65.7 Å². The van der Waals surface area contributed by atoms with Crippen LogP contribution in [0.3, 0.4) is 0 Å². The van der Waals surface area contributed by atoms with Gasteiger partial charge in [-0.25, -0.2) is 0 Å². The van der Waals surface area contributed by atoms with Crippen molar-refractivity contribution in [3.63, 3.8) is 0 Å². The number of hydrogen-bond acceptors (Lipinski definition) is 5. The zero-order chi connectivity index (χ0) is 22.2. The van der Waals surface area contributed by atoms with E-state index in [0.717, 1.165) is 30.2 Å². The van der Waals surface area contributed by atoms with E-state index in [1.54, 1.807) is 35.2 Å². The van der Waals surface area contributed by atoms with E-state index in [9.17, 15) is 4.79 Å². The summed E-state index contributed by atoms with van der Waals surface area (Å²) in [6, 6.07) is 14.6. The second kappa shape index (κ2) is 11.0. The van der Waals surface area contributed by atoms with Crippen molar-refractivity contribution >= 4 is 11.6 Å². The molecule has 0 aliphatic heterocycles. The van der Waals surface area contributed by atoms with Crippen LogP contribution < -0.4 is 15.0 Å². The number of likely N-dealkylation sites (N-methyl/N-ethyl adjacent to an activating group) is 1. The lowest BCUT2D eigenvalue weighted by Crippen LogP contribution is -2.36. The molecule has 0 fully saturated rings. The lowest BCUT2D eigenvalue weighted by Gasteiger charge is -2.26. The Balaban J connectivity index is 1.60.